The Balaban J connectivity index is 1.92. The number of aromatic amines is 1. The standard InChI is InChI=1S/C18H18N4OS/c1-3-23-15-10-8-14(9-11-15)12-19-22-17(20-21-18(22)24)16-7-5-4-6-13(16)2/h4-12H,3H2,1-2H3,(H,21,24). The fourth-order valence-corrected chi connectivity index (χ4v) is 2.52. The third-order valence-electron chi connectivity index (χ3n) is 3.55. The number of aromatic nitrogens is 3. The highest BCUT2D eigenvalue weighted by Gasteiger charge is 2.09. The van der Waals surface area contributed by atoms with Crippen LogP contribution in [0.3, 0.4) is 0 Å². The average molecular weight is 338 g/mol. The van der Waals surface area contributed by atoms with Crippen LogP contribution in [0.4, 0.5) is 0 Å². The molecule has 0 radical (unpaired) electrons. The smallest absolute Gasteiger partial charge is 0.216 e. The molecule has 0 saturated carbocycles. The number of aryl methyl sites for hydroxylation is 1. The number of nitrogens with one attached hydrogen (secondary N) is 1. The number of hydrogen-bond acceptors (Lipinski definition) is 4. The van der Waals surface area contributed by atoms with E-state index in [-0.39, 0.29) is 0 Å². The second-order valence-electron chi connectivity index (χ2n) is 5.23. The minimum atomic E-state index is 0.454. The zero-order valence-corrected chi connectivity index (χ0v) is 14.4. The van der Waals surface area contributed by atoms with Gasteiger partial charge in [-0.15, -0.1) is 0 Å². The predicted octanol–water partition coefficient (Wildman–Crippen LogP) is 4.20. The molecule has 0 bridgehead atoms. The largest absolute Gasteiger partial charge is 0.494 e. The van der Waals surface area contributed by atoms with Crippen molar-refractivity contribution in [3.05, 3.63) is 64.4 Å². The molecule has 0 spiro atoms. The lowest BCUT2D eigenvalue weighted by molar-refractivity contribution is 0.340. The Kier molecular flexibility index (Phi) is 4.86. The van der Waals surface area contributed by atoms with Crippen molar-refractivity contribution < 1.29 is 4.74 Å². The van der Waals surface area contributed by atoms with Gasteiger partial charge >= 0.3 is 0 Å². The molecule has 0 aliphatic carbocycles. The van der Waals surface area contributed by atoms with Gasteiger partial charge < -0.3 is 4.74 Å². The molecule has 1 aromatic heterocycles. The van der Waals surface area contributed by atoms with Crippen LogP contribution >= 0.6 is 12.2 Å². The van der Waals surface area contributed by atoms with E-state index in [1.54, 1.807) is 10.9 Å². The number of ether oxygens (including phenoxy) is 1. The molecule has 0 aliphatic heterocycles. The van der Waals surface area contributed by atoms with Gasteiger partial charge in [0.15, 0.2) is 5.82 Å². The van der Waals surface area contributed by atoms with E-state index in [0.717, 1.165) is 22.4 Å². The van der Waals surface area contributed by atoms with Crippen LogP contribution in [0.2, 0.25) is 0 Å². The number of rotatable bonds is 5. The van der Waals surface area contributed by atoms with Crippen LogP contribution in [0.5, 0.6) is 5.75 Å². The third kappa shape index (κ3) is 3.44. The summed E-state index contributed by atoms with van der Waals surface area (Å²) in [6.07, 6.45) is 1.75. The summed E-state index contributed by atoms with van der Waals surface area (Å²) in [5.41, 5.74) is 3.06. The maximum Gasteiger partial charge on any atom is 0.216 e. The van der Waals surface area contributed by atoms with Crippen LogP contribution in [-0.4, -0.2) is 27.7 Å². The predicted molar refractivity (Wildman–Crippen MR) is 98.2 cm³/mol. The first-order chi connectivity index (χ1) is 11.7. The number of H-pyrrole nitrogens is 1. The Morgan fingerprint density at radius 2 is 1.96 bits per heavy atom. The van der Waals surface area contributed by atoms with Gasteiger partial charge in [-0.25, -0.2) is 5.10 Å². The molecule has 0 amide bonds. The third-order valence-corrected chi connectivity index (χ3v) is 3.81. The lowest BCUT2D eigenvalue weighted by atomic mass is 10.1. The molecular weight excluding hydrogens is 320 g/mol. The molecule has 0 saturated heterocycles. The summed E-state index contributed by atoms with van der Waals surface area (Å²) in [6.45, 7) is 4.65. The molecule has 2 aromatic carbocycles. The van der Waals surface area contributed by atoms with E-state index >= 15 is 0 Å². The Hall–Kier alpha value is -2.73. The van der Waals surface area contributed by atoms with Crippen LogP contribution in [0, 0.1) is 11.7 Å². The molecule has 5 nitrogen and oxygen atoms in total. The molecule has 0 fully saturated rings. The van der Waals surface area contributed by atoms with Gasteiger partial charge in [-0.2, -0.15) is 14.9 Å². The number of hydrogen-bond donors (Lipinski definition) is 1. The molecule has 122 valence electrons. The summed E-state index contributed by atoms with van der Waals surface area (Å²) in [5.74, 6) is 1.54. The first kappa shape index (κ1) is 16.1. The first-order valence-electron chi connectivity index (χ1n) is 7.69. The monoisotopic (exact) mass is 338 g/mol. The SMILES string of the molecule is CCOc1ccc(C=Nn2c(-c3ccccc3C)n[nH]c2=S)cc1. The van der Waals surface area contributed by atoms with E-state index in [2.05, 4.69) is 15.3 Å². The van der Waals surface area contributed by atoms with Gasteiger partial charge in [0.05, 0.1) is 12.8 Å². The summed E-state index contributed by atoms with van der Waals surface area (Å²) < 4.78 is 7.53. The summed E-state index contributed by atoms with van der Waals surface area (Å²) in [6, 6.07) is 15.7. The van der Waals surface area contributed by atoms with Crippen LogP contribution < -0.4 is 4.74 Å². The molecule has 0 atom stereocenters. The van der Waals surface area contributed by atoms with Gasteiger partial charge in [0.2, 0.25) is 4.77 Å². The highest BCUT2D eigenvalue weighted by molar-refractivity contribution is 7.71. The molecule has 3 rings (SSSR count). The fraction of sp³-hybridized carbons (Fsp3) is 0.167. The number of nitrogens with zero attached hydrogens (tertiary/aromatic N) is 3. The van der Waals surface area contributed by atoms with Crippen molar-refractivity contribution in [1.82, 2.24) is 14.9 Å². The Labute approximate surface area is 145 Å². The van der Waals surface area contributed by atoms with E-state index in [0.29, 0.717) is 17.2 Å². The molecule has 0 aliphatic rings. The molecule has 1 heterocycles. The second-order valence-corrected chi connectivity index (χ2v) is 5.61. The lowest BCUT2D eigenvalue weighted by Gasteiger charge is -2.04. The van der Waals surface area contributed by atoms with Crippen molar-refractivity contribution in [2.45, 2.75) is 13.8 Å². The summed E-state index contributed by atoms with van der Waals surface area (Å²) in [4.78, 5) is 0. The average Bonchev–Trinajstić information content (AvgIpc) is 2.96. The van der Waals surface area contributed by atoms with E-state index < -0.39 is 0 Å². The molecule has 6 heteroatoms. The molecule has 24 heavy (non-hydrogen) atoms. The van der Waals surface area contributed by atoms with E-state index in [9.17, 15) is 0 Å². The lowest BCUT2D eigenvalue weighted by Crippen LogP contribution is -1.96. The van der Waals surface area contributed by atoms with Gasteiger partial charge in [0.1, 0.15) is 5.75 Å². The van der Waals surface area contributed by atoms with Crippen LogP contribution in [0.15, 0.2) is 53.6 Å². The van der Waals surface area contributed by atoms with Crippen molar-refractivity contribution in [3.63, 3.8) is 0 Å². The second kappa shape index (κ2) is 7.23. The zero-order chi connectivity index (χ0) is 16.9. The van der Waals surface area contributed by atoms with Crippen molar-refractivity contribution in [2.24, 2.45) is 5.10 Å². The van der Waals surface area contributed by atoms with Crippen molar-refractivity contribution >= 4 is 18.4 Å². The van der Waals surface area contributed by atoms with Crippen molar-refractivity contribution in [2.75, 3.05) is 6.61 Å². The molecule has 1 N–H and O–H groups in total. The Morgan fingerprint density at radius 1 is 1.21 bits per heavy atom. The maximum absolute atomic E-state index is 5.44. The van der Waals surface area contributed by atoms with Crippen LogP contribution in [0.1, 0.15) is 18.1 Å². The van der Waals surface area contributed by atoms with E-state index in [1.165, 1.54) is 0 Å². The summed E-state index contributed by atoms with van der Waals surface area (Å²) in [5, 5.41) is 11.6. The Morgan fingerprint density at radius 3 is 2.67 bits per heavy atom. The van der Waals surface area contributed by atoms with Crippen LogP contribution in [0.25, 0.3) is 11.4 Å². The van der Waals surface area contributed by atoms with Gasteiger partial charge in [-0.05, 0) is 61.5 Å². The summed E-state index contributed by atoms with van der Waals surface area (Å²) in [7, 11) is 0. The minimum absolute atomic E-state index is 0.454. The number of benzene rings is 2. The highest BCUT2D eigenvalue weighted by atomic mass is 32.1. The van der Waals surface area contributed by atoms with E-state index in [4.69, 9.17) is 17.0 Å². The Bertz CT molecular complexity index is 909. The van der Waals surface area contributed by atoms with Gasteiger partial charge in [-0.3, -0.25) is 0 Å². The first-order valence-corrected chi connectivity index (χ1v) is 8.10. The van der Waals surface area contributed by atoms with Crippen molar-refractivity contribution in [1.29, 1.82) is 0 Å². The van der Waals surface area contributed by atoms with Crippen LogP contribution in [-0.2, 0) is 0 Å². The summed E-state index contributed by atoms with van der Waals surface area (Å²) >= 11 is 5.30. The molecule has 0 unspecified atom stereocenters. The minimum Gasteiger partial charge on any atom is -0.494 e. The highest BCUT2D eigenvalue weighted by Crippen LogP contribution is 2.21. The topological polar surface area (TPSA) is 55.2 Å². The van der Waals surface area contributed by atoms with Crippen molar-refractivity contribution in [3.8, 4) is 17.1 Å². The van der Waals surface area contributed by atoms with E-state index in [1.807, 2.05) is 62.4 Å². The fourth-order valence-electron chi connectivity index (χ4n) is 2.34. The molecule has 3 aromatic rings. The van der Waals surface area contributed by atoms with Gasteiger partial charge in [-0.1, -0.05) is 24.3 Å². The zero-order valence-electron chi connectivity index (χ0n) is 13.6. The quantitative estimate of drug-likeness (QED) is 0.560. The van der Waals surface area contributed by atoms with Gasteiger partial charge in [0, 0.05) is 5.56 Å². The molecular formula is C18H18N4OS. The van der Waals surface area contributed by atoms with Gasteiger partial charge in [0.25, 0.3) is 0 Å². The normalized spacial score (nSPS) is 11.1. The maximum atomic E-state index is 5.44.